The first kappa shape index (κ1) is 28.6. The Labute approximate surface area is 234 Å². The maximum Gasteiger partial charge on any atom is 0.337 e. The van der Waals surface area contributed by atoms with E-state index < -0.39 is 12.0 Å². The molecule has 212 valence electrons. The monoisotopic (exact) mass is 549 g/mol. The molecule has 1 aliphatic heterocycles. The minimum atomic E-state index is -0.424. The number of fused-ring (bicyclic) bond motifs is 1. The van der Waals surface area contributed by atoms with Gasteiger partial charge in [0.1, 0.15) is 12.4 Å². The van der Waals surface area contributed by atoms with Gasteiger partial charge in [-0.15, -0.1) is 0 Å². The molecule has 1 amide bonds. The average Bonchev–Trinajstić information content (AvgIpc) is 2.99. The summed E-state index contributed by atoms with van der Waals surface area (Å²) in [5.41, 5.74) is 2.88. The first-order valence-electron chi connectivity index (χ1n) is 13.2. The van der Waals surface area contributed by atoms with Crippen LogP contribution in [0.1, 0.15) is 51.7 Å². The van der Waals surface area contributed by atoms with Gasteiger partial charge in [-0.2, -0.15) is 0 Å². The summed E-state index contributed by atoms with van der Waals surface area (Å²) in [5, 5.41) is 0. The lowest BCUT2D eigenvalue weighted by Crippen LogP contribution is -2.42. The minimum absolute atomic E-state index is 0.154. The number of nitrogens with zero attached hydrogens (tertiary/aromatic N) is 1. The van der Waals surface area contributed by atoms with Crippen LogP contribution in [0.25, 0.3) is 0 Å². The number of carbonyl (C=O) groups is 2. The van der Waals surface area contributed by atoms with E-state index >= 15 is 0 Å². The third-order valence-corrected chi connectivity index (χ3v) is 6.74. The molecular weight excluding hydrogens is 514 g/mol. The molecule has 0 saturated heterocycles. The molecular formula is C31H35NO8. The van der Waals surface area contributed by atoms with Crippen LogP contribution >= 0.6 is 0 Å². The number of amides is 1. The Morgan fingerprint density at radius 3 is 2.08 bits per heavy atom. The van der Waals surface area contributed by atoms with Gasteiger partial charge in [0.05, 0.1) is 46.1 Å². The quantitative estimate of drug-likeness (QED) is 0.305. The summed E-state index contributed by atoms with van der Waals surface area (Å²) >= 11 is 0. The van der Waals surface area contributed by atoms with Crippen LogP contribution in [-0.4, -0.2) is 64.5 Å². The average molecular weight is 550 g/mol. The van der Waals surface area contributed by atoms with Crippen molar-refractivity contribution in [1.29, 1.82) is 0 Å². The van der Waals surface area contributed by atoms with Gasteiger partial charge >= 0.3 is 5.97 Å². The minimum Gasteiger partial charge on any atom is -0.493 e. The van der Waals surface area contributed by atoms with E-state index in [0.717, 1.165) is 11.1 Å². The molecule has 9 heteroatoms. The summed E-state index contributed by atoms with van der Waals surface area (Å²) in [6, 6.07) is 15.4. The third-order valence-electron chi connectivity index (χ3n) is 6.74. The molecule has 9 nitrogen and oxygen atoms in total. The second kappa shape index (κ2) is 13.1. The standard InChI is InChI=1S/C31H35NO8/c1-6-38-26-13-10-22(17-29(26)39-7-2)30(33)32-15-14-21-16-27(35-3)28(36-4)18-24(21)25(32)19-40-23-11-8-20(9-12-23)31(34)37-5/h8-13,16-18,25H,6-7,14-15,19H2,1-5H3/t25-/m0/s1. The van der Waals surface area contributed by atoms with E-state index in [2.05, 4.69) is 0 Å². The Balaban J connectivity index is 1.68. The van der Waals surface area contributed by atoms with Gasteiger partial charge in [-0.3, -0.25) is 4.79 Å². The van der Waals surface area contributed by atoms with Crippen molar-refractivity contribution >= 4 is 11.9 Å². The third kappa shape index (κ3) is 6.09. The Bertz CT molecular complexity index is 1340. The Morgan fingerprint density at radius 2 is 1.43 bits per heavy atom. The molecule has 0 unspecified atom stereocenters. The lowest BCUT2D eigenvalue weighted by Gasteiger charge is -2.37. The molecule has 1 heterocycles. The summed E-state index contributed by atoms with van der Waals surface area (Å²) in [7, 11) is 4.52. The number of esters is 1. The van der Waals surface area contributed by atoms with Crippen LogP contribution in [0.3, 0.4) is 0 Å². The van der Waals surface area contributed by atoms with Gasteiger partial charge in [0.25, 0.3) is 5.91 Å². The summed E-state index contributed by atoms with van der Waals surface area (Å²) in [6.45, 7) is 5.38. The van der Waals surface area contributed by atoms with E-state index in [1.807, 2.05) is 30.9 Å². The van der Waals surface area contributed by atoms with Crippen molar-refractivity contribution in [2.45, 2.75) is 26.3 Å². The van der Waals surface area contributed by atoms with Crippen molar-refractivity contribution in [2.24, 2.45) is 0 Å². The van der Waals surface area contributed by atoms with Crippen LogP contribution in [0.4, 0.5) is 0 Å². The highest BCUT2D eigenvalue weighted by Gasteiger charge is 2.34. The highest BCUT2D eigenvalue weighted by Crippen LogP contribution is 2.39. The van der Waals surface area contributed by atoms with Gasteiger partial charge in [-0.05, 0) is 86.0 Å². The lowest BCUT2D eigenvalue weighted by molar-refractivity contribution is 0.0582. The molecule has 4 rings (SSSR count). The van der Waals surface area contributed by atoms with Crippen molar-refractivity contribution < 1.29 is 38.0 Å². The van der Waals surface area contributed by atoms with E-state index in [0.29, 0.717) is 66.1 Å². The van der Waals surface area contributed by atoms with E-state index in [1.165, 1.54) is 7.11 Å². The molecule has 0 bridgehead atoms. The molecule has 0 aromatic heterocycles. The first-order chi connectivity index (χ1) is 19.4. The van der Waals surface area contributed by atoms with Gasteiger partial charge in [0, 0.05) is 12.1 Å². The second-order valence-electron chi connectivity index (χ2n) is 9.02. The zero-order chi connectivity index (χ0) is 28.6. The Morgan fingerprint density at radius 1 is 0.775 bits per heavy atom. The largest absolute Gasteiger partial charge is 0.493 e. The number of hydrogen-bond acceptors (Lipinski definition) is 8. The lowest BCUT2D eigenvalue weighted by atomic mass is 9.91. The van der Waals surface area contributed by atoms with Crippen molar-refractivity contribution in [3.05, 3.63) is 76.9 Å². The molecule has 1 atom stereocenters. The fourth-order valence-electron chi connectivity index (χ4n) is 4.78. The number of benzene rings is 3. The molecule has 3 aromatic rings. The van der Waals surface area contributed by atoms with Crippen molar-refractivity contribution in [2.75, 3.05) is 47.7 Å². The predicted octanol–water partition coefficient (Wildman–Crippen LogP) is 5.11. The SMILES string of the molecule is CCOc1ccc(C(=O)N2CCc3cc(OC)c(OC)cc3[C@@H]2COc2ccc(C(=O)OC)cc2)cc1OCC. The van der Waals surface area contributed by atoms with Crippen molar-refractivity contribution in [3.8, 4) is 28.7 Å². The molecule has 0 aliphatic carbocycles. The number of carbonyl (C=O) groups excluding carboxylic acids is 2. The zero-order valence-electron chi connectivity index (χ0n) is 23.5. The molecule has 0 saturated carbocycles. The Hall–Kier alpha value is -4.40. The normalized spacial score (nSPS) is 14.1. The smallest absolute Gasteiger partial charge is 0.337 e. The van der Waals surface area contributed by atoms with Crippen LogP contribution in [0.5, 0.6) is 28.7 Å². The summed E-state index contributed by atoms with van der Waals surface area (Å²) in [5.74, 6) is 2.31. The van der Waals surface area contributed by atoms with Crippen molar-refractivity contribution in [1.82, 2.24) is 4.90 Å². The van der Waals surface area contributed by atoms with E-state index in [9.17, 15) is 9.59 Å². The second-order valence-corrected chi connectivity index (χ2v) is 9.02. The predicted molar refractivity (Wildman–Crippen MR) is 149 cm³/mol. The number of methoxy groups -OCH3 is 3. The van der Waals surface area contributed by atoms with Crippen LogP contribution in [0, 0.1) is 0 Å². The van der Waals surface area contributed by atoms with Crippen LogP contribution in [0.15, 0.2) is 54.6 Å². The molecule has 0 spiro atoms. The van der Waals surface area contributed by atoms with E-state index in [1.54, 1.807) is 56.7 Å². The van der Waals surface area contributed by atoms with Gasteiger partial charge in [0.2, 0.25) is 0 Å². The van der Waals surface area contributed by atoms with Crippen LogP contribution < -0.4 is 23.7 Å². The fourth-order valence-corrected chi connectivity index (χ4v) is 4.78. The summed E-state index contributed by atoms with van der Waals surface area (Å²) in [4.78, 5) is 27.6. The molecule has 40 heavy (non-hydrogen) atoms. The summed E-state index contributed by atoms with van der Waals surface area (Å²) < 4.78 is 33.5. The summed E-state index contributed by atoms with van der Waals surface area (Å²) in [6.07, 6.45) is 0.640. The molecule has 3 aromatic carbocycles. The first-order valence-corrected chi connectivity index (χ1v) is 13.2. The number of hydrogen-bond donors (Lipinski definition) is 0. The van der Waals surface area contributed by atoms with Crippen LogP contribution in [-0.2, 0) is 11.2 Å². The van der Waals surface area contributed by atoms with Gasteiger partial charge < -0.3 is 33.3 Å². The van der Waals surface area contributed by atoms with E-state index in [-0.39, 0.29) is 12.5 Å². The van der Waals surface area contributed by atoms with Crippen molar-refractivity contribution in [3.63, 3.8) is 0 Å². The molecule has 0 radical (unpaired) electrons. The van der Waals surface area contributed by atoms with Gasteiger partial charge in [-0.1, -0.05) is 0 Å². The highest BCUT2D eigenvalue weighted by atomic mass is 16.5. The maximum atomic E-state index is 14.0. The van der Waals surface area contributed by atoms with Gasteiger partial charge in [-0.25, -0.2) is 4.79 Å². The fraction of sp³-hybridized carbons (Fsp3) is 0.355. The topological polar surface area (TPSA) is 92.8 Å². The maximum absolute atomic E-state index is 14.0. The van der Waals surface area contributed by atoms with E-state index in [4.69, 9.17) is 28.4 Å². The molecule has 0 N–H and O–H groups in total. The number of ether oxygens (including phenoxy) is 6. The highest BCUT2D eigenvalue weighted by molar-refractivity contribution is 5.95. The van der Waals surface area contributed by atoms with Crippen LogP contribution in [0.2, 0.25) is 0 Å². The van der Waals surface area contributed by atoms with Gasteiger partial charge in [0.15, 0.2) is 23.0 Å². The zero-order valence-corrected chi connectivity index (χ0v) is 23.5. The number of rotatable bonds is 11. The molecule has 0 fully saturated rings. The molecule has 1 aliphatic rings. The Kier molecular flexibility index (Phi) is 9.37.